The Morgan fingerprint density at radius 2 is 1.64 bits per heavy atom. The number of carboxylic acid groups (broad SMARTS) is 2. The molecule has 1 heterocycles. The average molecular weight is 621 g/mol. The third-order valence-corrected chi connectivity index (χ3v) is 6.81. The molecule has 17 nitrogen and oxygen atoms in total. The van der Waals surface area contributed by atoms with Crippen molar-refractivity contribution in [3.8, 4) is 0 Å². The summed E-state index contributed by atoms with van der Waals surface area (Å²) in [6.45, 7) is -0.535. The molecule has 0 bridgehead atoms. The predicted octanol–water partition coefficient (Wildman–Crippen LogP) is -3.39. The van der Waals surface area contributed by atoms with Gasteiger partial charge in [0, 0.05) is 32.4 Å². The molecular formula is C27H40N8O9. The molecule has 44 heavy (non-hydrogen) atoms. The Morgan fingerprint density at radius 1 is 0.955 bits per heavy atom. The number of likely N-dealkylation sites (tertiary alicyclic amines) is 1. The fourth-order valence-electron chi connectivity index (χ4n) is 4.65. The van der Waals surface area contributed by atoms with E-state index in [-0.39, 0.29) is 51.2 Å². The number of hydrogen-bond acceptors (Lipinski definition) is 9. The fourth-order valence-corrected chi connectivity index (χ4v) is 4.65. The number of aliphatic hydroxyl groups is 1. The van der Waals surface area contributed by atoms with E-state index in [4.69, 9.17) is 17.2 Å². The minimum absolute atomic E-state index is 0.0636. The summed E-state index contributed by atoms with van der Waals surface area (Å²) in [5.41, 5.74) is 16.6. The molecule has 1 aliphatic heterocycles. The van der Waals surface area contributed by atoms with Crippen molar-refractivity contribution in [2.24, 2.45) is 22.2 Å². The Morgan fingerprint density at radius 3 is 2.23 bits per heavy atom. The molecule has 0 spiro atoms. The van der Waals surface area contributed by atoms with Gasteiger partial charge < -0.3 is 53.4 Å². The molecule has 0 aromatic heterocycles. The van der Waals surface area contributed by atoms with Gasteiger partial charge in [-0.05, 0) is 24.8 Å². The number of nitrogens with two attached hydrogens (primary N) is 3. The topological polar surface area (TPSA) is 293 Å². The zero-order valence-electron chi connectivity index (χ0n) is 24.1. The summed E-state index contributed by atoms with van der Waals surface area (Å²) < 4.78 is 0. The third-order valence-electron chi connectivity index (χ3n) is 6.81. The van der Waals surface area contributed by atoms with Crippen LogP contribution < -0.4 is 33.2 Å². The Hall–Kier alpha value is -4.77. The van der Waals surface area contributed by atoms with Crippen molar-refractivity contribution in [3.05, 3.63) is 35.9 Å². The number of aliphatic hydroxyl groups excluding tert-OH is 1. The smallest absolute Gasteiger partial charge is 0.326 e. The van der Waals surface area contributed by atoms with E-state index in [1.165, 1.54) is 0 Å². The minimum Gasteiger partial charge on any atom is -0.481 e. The van der Waals surface area contributed by atoms with E-state index in [2.05, 4.69) is 20.9 Å². The van der Waals surface area contributed by atoms with Crippen LogP contribution in [0.2, 0.25) is 0 Å². The molecule has 2 rings (SSSR count). The lowest BCUT2D eigenvalue weighted by molar-refractivity contribution is -0.144. The van der Waals surface area contributed by atoms with Crippen molar-refractivity contribution in [2.45, 2.75) is 68.8 Å². The second-order valence-corrected chi connectivity index (χ2v) is 10.3. The first kappa shape index (κ1) is 35.4. The molecular weight excluding hydrogens is 580 g/mol. The molecule has 1 aromatic rings. The van der Waals surface area contributed by atoms with Crippen LogP contribution in [0.15, 0.2) is 35.3 Å². The number of benzene rings is 1. The molecule has 0 aliphatic carbocycles. The molecule has 242 valence electrons. The van der Waals surface area contributed by atoms with Gasteiger partial charge in [-0.25, -0.2) is 4.79 Å². The van der Waals surface area contributed by atoms with Crippen LogP contribution in [0.5, 0.6) is 0 Å². The quantitative estimate of drug-likeness (QED) is 0.0468. The van der Waals surface area contributed by atoms with Crippen molar-refractivity contribution in [2.75, 3.05) is 19.6 Å². The van der Waals surface area contributed by atoms with Gasteiger partial charge >= 0.3 is 11.9 Å². The van der Waals surface area contributed by atoms with Crippen molar-refractivity contribution >= 4 is 41.5 Å². The summed E-state index contributed by atoms with van der Waals surface area (Å²) in [4.78, 5) is 80.0. The summed E-state index contributed by atoms with van der Waals surface area (Å²) in [6, 6.07) is 3.48. The first-order chi connectivity index (χ1) is 20.8. The van der Waals surface area contributed by atoms with Crippen molar-refractivity contribution in [3.63, 3.8) is 0 Å². The van der Waals surface area contributed by atoms with E-state index in [9.17, 15) is 44.1 Å². The van der Waals surface area contributed by atoms with Gasteiger partial charge in [0.2, 0.25) is 23.6 Å². The Balaban J connectivity index is 2.22. The van der Waals surface area contributed by atoms with Gasteiger partial charge in [0.25, 0.3) is 0 Å². The molecule has 5 atom stereocenters. The highest BCUT2D eigenvalue weighted by Crippen LogP contribution is 2.21. The summed E-state index contributed by atoms with van der Waals surface area (Å²) in [7, 11) is 0. The fraction of sp³-hybridized carbons (Fsp3) is 0.519. The highest BCUT2D eigenvalue weighted by molar-refractivity contribution is 5.95. The number of β-amino-alcohol motifs (C(OH)–C–C–N with tert-alkyl or cyclic N) is 1. The van der Waals surface area contributed by atoms with Gasteiger partial charge in [-0.1, -0.05) is 30.3 Å². The van der Waals surface area contributed by atoms with E-state index in [0.29, 0.717) is 5.56 Å². The summed E-state index contributed by atoms with van der Waals surface area (Å²) in [6.07, 6.45) is -2.04. The maximum Gasteiger partial charge on any atom is 0.326 e. The normalized spacial score (nSPS) is 17.9. The Labute approximate surface area is 253 Å². The SMILES string of the molecule is NCC(=O)N[C@@H](Cc1ccccc1)C(=O)N1C[C@H](O)C[C@H]1C(=O)N[C@@H](CCC(=O)O)C(=O)N[C@@H](CCCN=C(N)N)C(=O)O. The first-order valence-electron chi connectivity index (χ1n) is 13.9. The van der Waals surface area contributed by atoms with Gasteiger partial charge in [0.05, 0.1) is 12.6 Å². The number of carbonyl (C=O) groups excluding carboxylic acids is 4. The highest BCUT2D eigenvalue weighted by Gasteiger charge is 2.42. The summed E-state index contributed by atoms with van der Waals surface area (Å²) >= 11 is 0. The number of amides is 4. The molecule has 12 N–H and O–H groups in total. The molecule has 1 aromatic carbocycles. The largest absolute Gasteiger partial charge is 0.481 e. The van der Waals surface area contributed by atoms with Gasteiger partial charge in [-0.15, -0.1) is 0 Å². The molecule has 0 unspecified atom stereocenters. The van der Waals surface area contributed by atoms with E-state index in [1.54, 1.807) is 30.3 Å². The number of aliphatic imine (C=N–C) groups is 1. The number of carbonyl (C=O) groups is 6. The number of nitrogens with zero attached hydrogens (tertiary/aromatic N) is 2. The Kier molecular flexibility index (Phi) is 14.0. The molecule has 1 aliphatic rings. The van der Waals surface area contributed by atoms with Crippen LogP contribution in [0.4, 0.5) is 0 Å². The molecule has 1 saturated heterocycles. The second-order valence-electron chi connectivity index (χ2n) is 10.3. The van der Waals surface area contributed by atoms with Crippen molar-refractivity contribution in [1.82, 2.24) is 20.9 Å². The second kappa shape index (κ2) is 17.4. The molecule has 0 saturated carbocycles. The van der Waals surface area contributed by atoms with Crippen LogP contribution in [0.1, 0.15) is 37.7 Å². The van der Waals surface area contributed by atoms with Crippen LogP contribution in [0.3, 0.4) is 0 Å². The maximum atomic E-state index is 13.6. The van der Waals surface area contributed by atoms with Gasteiger partial charge in [-0.2, -0.15) is 0 Å². The van der Waals surface area contributed by atoms with Crippen LogP contribution in [0, 0.1) is 0 Å². The van der Waals surface area contributed by atoms with Crippen LogP contribution >= 0.6 is 0 Å². The molecule has 17 heteroatoms. The molecule has 1 fully saturated rings. The molecule has 0 radical (unpaired) electrons. The van der Waals surface area contributed by atoms with Crippen molar-refractivity contribution < 1.29 is 44.1 Å². The lowest BCUT2D eigenvalue weighted by Crippen LogP contribution is -2.58. The standard InChI is InChI=1S/C27H40N8O9/c28-13-21(37)32-19(11-15-5-2-1-3-6-15)25(42)35-14-16(36)12-20(35)24(41)33-17(8-9-22(38)39)23(40)34-18(26(43)44)7-4-10-31-27(29)30/h1-3,5-6,16-20,36H,4,7-14,28H2,(H,32,37)(H,33,41)(H,34,40)(H,38,39)(H,43,44)(H4,29,30,31)/t16-,17+,18+,19+,20+/m1/s1. The minimum atomic E-state index is -1.48. The van der Waals surface area contributed by atoms with Crippen molar-refractivity contribution in [1.29, 1.82) is 0 Å². The highest BCUT2D eigenvalue weighted by atomic mass is 16.4. The lowest BCUT2D eigenvalue weighted by Gasteiger charge is -2.30. The van der Waals surface area contributed by atoms with E-state index in [0.717, 1.165) is 4.90 Å². The number of rotatable bonds is 17. The van der Waals surface area contributed by atoms with E-state index < -0.39 is 78.8 Å². The average Bonchev–Trinajstić information content (AvgIpc) is 3.37. The zero-order chi connectivity index (χ0) is 32.8. The number of guanidine groups is 1. The summed E-state index contributed by atoms with van der Waals surface area (Å²) in [5.74, 6) is -5.94. The van der Waals surface area contributed by atoms with Gasteiger partial charge in [0.15, 0.2) is 5.96 Å². The van der Waals surface area contributed by atoms with E-state index >= 15 is 0 Å². The van der Waals surface area contributed by atoms with Gasteiger partial charge in [-0.3, -0.25) is 29.0 Å². The number of hydrogen-bond donors (Lipinski definition) is 9. The maximum absolute atomic E-state index is 13.6. The predicted molar refractivity (Wildman–Crippen MR) is 156 cm³/mol. The number of carboxylic acids is 2. The summed E-state index contributed by atoms with van der Waals surface area (Å²) in [5, 5.41) is 36.4. The first-order valence-corrected chi connectivity index (χ1v) is 13.9. The van der Waals surface area contributed by atoms with Crippen LogP contribution in [0.25, 0.3) is 0 Å². The number of aliphatic carboxylic acids is 2. The Bertz CT molecular complexity index is 1210. The third kappa shape index (κ3) is 11.5. The number of nitrogens with one attached hydrogen (secondary N) is 3. The van der Waals surface area contributed by atoms with Crippen LogP contribution in [-0.4, -0.2) is 112 Å². The monoisotopic (exact) mass is 620 g/mol. The van der Waals surface area contributed by atoms with E-state index in [1.807, 2.05) is 0 Å². The molecule has 4 amide bonds. The van der Waals surface area contributed by atoms with Crippen LogP contribution in [-0.2, 0) is 35.2 Å². The van der Waals surface area contributed by atoms with Gasteiger partial charge in [0.1, 0.15) is 24.2 Å². The zero-order valence-corrected chi connectivity index (χ0v) is 24.1. The lowest BCUT2D eigenvalue weighted by atomic mass is 10.0.